The van der Waals surface area contributed by atoms with E-state index in [1.54, 1.807) is 12.1 Å². The van der Waals surface area contributed by atoms with E-state index in [0.717, 1.165) is 5.56 Å². The zero-order chi connectivity index (χ0) is 12.4. The first-order chi connectivity index (χ1) is 8.08. The fourth-order valence-corrected chi connectivity index (χ4v) is 1.62. The van der Waals surface area contributed by atoms with Gasteiger partial charge in [-0.2, -0.15) is 4.68 Å². The second kappa shape index (κ2) is 4.50. The zero-order valence-electron chi connectivity index (χ0n) is 8.96. The van der Waals surface area contributed by atoms with Gasteiger partial charge in [0.15, 0.2) is 5.82 Å². The molecule has 0 aliphatic heterocycles. The minimum absolute atomic E-state index is 0.237. The number of nitrogens with zero attached hydrogens (tertiary/aromatic N) is 4. The van der Waals surface area contributed by atoms with Gasteiger partial charge >= 0.3 is 5.97 Å². The number of carbonyl (C=O) groups is 1. The van der Waals surface area contributed by atoms with Crippen LogP contribution in [-0.4, -0.2) is 31.3 Å². The summed E-state index contributed by atoms with van der Waals surface area (Å²) in [5, 5.41) is 20.2. The molecule has 2 aromatic rings. The fraction of sp³-hybridized carbons (Fsp3) is 0.200. The number of aliphatic carboxylic acids is 1. The van der Waals surface area contributed by atoms with Gasteiger partial charge in [0.2, 0.25) is 0 Å². The van der Waals surface area contributed by atoms with Crippen LogP contribution >= 0.6 is 11.6 Å². The van der Waals surface area contributed by atoms with E-state index in [1.165, 1.54) is 4.68 Å². The predicted octanol–water partition coefficient (Wildman–Crippen LogP) is 1.25. The van der Waals surface area contributed by atoms with Gasteiger partial charge in [0.1, 0.15) is 6.42 Å². The van der Waals surface area contributed by atoms with Gasteiger partial charge in [0.25, 0.3) is 0 Å². The topological polar surface area (TPSA) is 80.9 Å². The monoisotopic (exact) mass is 252 g/mol. The summed E-state index contributed by atoms with van der Waals surface area (Å²) in [7, 11) is 0. The van der Waals surface area contributed by atoms with E-state index in [-0.39, 0.29) is 12.2 Å². The number of rotatable bonds is 3. The molecule has 1 aromatic heterocycles. The van der Waals surface area contributed by atoms with Crippen LogP contribution in [0.4, 0.5) is 0 Å². The molecule has 0 bridgehead atoms. The van der Waals surface area contributed by atoms with Gasteiger partial charge < -0.3 is 5.11 Å². The number of halogens is 1. The molecule has 0 unspecified atom stereocenters. The normalized spacial score (nSPS) is 10.5. The molecular weight excluding hydrogens is 244 g/mol. The van der Waals surface area contributed by atoms with E-state index < -0.39 is 5.97 Å². The van der Waals surface area contributed by atoms with Crippen molar-refractivity contribution < 1.29 is 9.90 Å². The van der Waals surface area contributed by atoms with Crippen molar-refractivity contribution in [2.75, 3.05) is 0 Å². The van der Waals surface area contributed by atoms with Gasteiger partial charge in [-0.3, -0.25) is 4.79 Å². The number of carboxylic acids is 1. The van der Waals surface area contributed by atoms with E-state index in [2.05, 4.69) is 15.5 Å². The maximum absolute atomic E-state index is 10.7. The summed E-state index contributed by atoms with van der Waals surface area (Å²) in [5.41, 5.74) is 1.59. The van der Waals surface area contributed by atoms with Crippen LogP contribution in [0.2, 0.25) is 5.02 Å². The Morgan fingerprint density at radius 3 is 3.00 bits per heavy atom. The summed E-state index contributed by atoms with van der Waals surface area (Å²) >= 11 is 5.89. The first-order valence-corrected chi connectivity index (χ1v) is 5.21. The van der Waals surface area contributed by atoms with Gasteiger partial charge in [-0.1, -0.05) is 17.7 Å². The summed E-state index contributed by atoms with van der Waals surface area (Å²) in [6.45, 7) is 1.87. The Hall–Kier alpha value is -1.95. The lowest BCUT2D eigenvalue weighted by atomic mass is 10.2. The van der Waals surface area contributed by atoms with Gasteiger partial charge in [0, 0.05) is 5.02 Å². The molecular formula is C10H9ClN4O2. The van der Waals surface area contributed by atoms with Crippen molar-refractivity contribution in [2.24, 2.45) is 0 Å². The highest BCUT2D eigenvalue weighted by Gasteiger charge is 2.13. The fourth-order valence-electron chi connectivity index (χ4n) is 1.45. The van der Waals surface area contributed by atoms with Gasteiger partial charge in [0.05, 0.1) is 5.69 Å². The molecule has 1 heterocycles. The van der Waals surface area contributed by atoms with Crippen LogP contribution in [0.25, 0.3) is 5.69 Å². The molecule has 0 saturated heterocycles. The van der Waals surface area contributed by atoms with Crippen LogP contribution in [0.15, 0.2) is 18.2 Å². The van der Waals surface area contributed by atoms with Gasteiger partial charge in [-0.15, -0.1) is 5.10 Å². The van der Waals surface area contributed by atoms with Crippen LogP contribution in [-0.2, 0) is 11.2 Å². The highest BCUT2D eigenvalue weighted by Crippen LogP contribution is 2.19. The van der Waals surface area contributed by atoms with Crippen molar-refractivity contribution in [1.29, 1.82) is 0 Å². The second-order valence-electron chi connectivity index (χ2n) is 3.51. The lowest BCUT2D eigenvalue weighted by Crippen LogP contribution is -2.10. The van der Waals surface area contributed by atoms with Crippen molar-refractivity contribution in [3.8, 4) is 5.69 Å². The third-order valence-electron chi connectivity index (χ3n) is 2.24. The Balaban J connectivity index is 2.49. The molecule has 0 spiro atoms. The minimum Gasteiger partial charge on any atom is -0.481 e. The summed E-state index contributed by atoms with van der Waals surface area (Å²) in [6, 6.07) is 5.27. The average Bonchev–Trinajstić information content (AvgIpc) is 2.69. The molecule has 0 aliphatic carbocycles. The van der Waals surface area contributed by atoms with Crippen LogP contribution < -0.4 is 0 Å². The van der Waals surface area contributed by atoms with Crippen LogP contribution in [0.5, 0.6) is 0 Å². The van der Waals surface area contributed by atoms with Crippen molar-refractivity contribution in [2.45, 2.75) is 13.3 Å². The third kappa shape index (κ3) is 2.42. The number of benzene rings is 1. The quantitative estimate of drug-likeness (QED) is 0.889. The zero-order valence-corrected chi connectivity index (χ0v) is 9.72. The standard InChI is InChI=1S/C10H9ClN4O2/c1-6-2-3-7(11)4-8(6)15-9(5-10(16)17)12-13-14-15/h2-4H,5H2,1H3,(H,16,17). The highest BCUT2D eigenvalue weighted by molar-refractivity contribution is 6.30. The Kier molecular flexibility index (Phi) is 3.06. The van der Waals surface area contributed by atoms with Crippen LogP contribution in [0, 0.1) is 6.92 Å². The molecule has 0 aliphatic rings. The summed E-state index contributed by atoms with van der Waals surface area (Å²) < 4.78 is 1.38. The van der Waals surface area contributed by atoms with Crippen molar-refractivity contribution in [1.82, 2.24) is 20.2 Å². The molecule has 0 radical (unpaired) electrons. The van der Waals surface area contributed by atoms with E-state index in [9.17, 15) is 4.79 Å². The maximum atomic E-state index is 10.7. The summed E-state index contributed by atoms with van der Waals surface area (Å²) in [6.07, 6.45) is -0.237. The molecule has 0 amide bonds. The van der Waals surface area contributed by atoms with Crippen LogP contribution in [0.3, 0.4) is 0 Å². The Bertz CT molecular complexity index is 567. The van der Waals surface area contributed by atoms with E-state index in [0.29, 0.717) is 10.7 Å². The molecule has 7 heteroatoms. The number of hydrogen-bond acceptors (Lipinski definition) is 4. The van der Waals surface area contributed by atoms with E-state index in [4.69, 9.17) is 16.7 Å². The molecule has 2 rings (SSSR count). The highest BCUT2D eigenvalue weighted by atomic mass is 35.5. The lowest BCUT2D eigenvalue weighted by Gasteiger charge is -2.07. The lowest BCUT2D eigenvalue weighted by molar-refractivity contribution is -0.136. The van der Waals surface area contributed by atoms with Gasteiger partial charge in [-0.25, -0.2) is 0 Å². The molecule has 88 valence electrons. The molecule has 1 N–H and O–H groups in total. The second-order valence-corrected chi connectivity index (χ2v) is 3.94. The molecule has 0 saturated carbocycles. The molecule has 17 heavy (non-hydrogen) atoms. The minimum atomic E-state index is -0.985. The number of hydrogen-bond donors (Lipinski definition) is 1. The first-order valence-electron chi connectivity index (χ1n) is 4.83. The SMILES string of the molecule is Cc1ccc(Cl)cc1-n1nnnc1CC(=O)O. The summed E-state index contributed by atoms with van der Waals surface area (Å²) in [4.78, 5) is 10.7. The smallest absolute Gasteiger partial charge is 0.311 e. The average molecular weight is 253 g/mol. The number of aromatic nitrogens is 4. The summed E-state index contributed by atoms with van der Waals surface area (Å²) in [5.74, 6) is -0.719. The molecule has 1 aromatic carbocycles. The maximum Gasteiger partial charge on any atom is 0.311 e. The number of aryl methyl sites for hydroxylation is 1. The van der Waals surface area contributed by atoms with Gasteiger partial charge in [-0.05, 0) is 35.0 Å². The predicted molar refractivity (Wildman–Crippen MR) is 60.2 cm³/mol. The molecule has 0 fully saturated rings. The van der Waals surface area contributed by atoms with Crippen molar-refractivity contribution in [3.05, 3.63) is 34.6 Å². The van der Waals surface area contributed by atoms with Crippen molar-refractivity contribution in [3.63, 3.8) is 0 Å². The Morgan fingerprint density at radius 1 is 1.53 bits per heavy atom. The number of tetrazole rings is 1. The first kappa shape index (κ1) is 11.5. The van der Waals surface area contributed by atoms with Crippen LogP contribution in [0.1, 0.15) is 11.4 Å². The largest absolute Gasteiger partial charge is 0.481 e. The number of carboxylic acid groups (broad SMARTS) is 1. The third-order valence-corrected chi connectivity index (χ3v) is 2.48. The molecule has 6 nitrogen and oxygen atoms in total. The van der Waals surface area contributed by atoms with E-state index in [1.807, 2.05) is 13.0 Å². The van der Waals surface area contributed by atoms with E-state index >= 15 is 0 Å². The van der Waals surface area contributed by atoms with Crippen molar-refractivity contribution >= 4 is 17.6 Å². The molecule has 0 atom stereocenters. The Morgan fingerprint density at radius 2 is 2.29 bits per heavy atom. The Labute approximate surface area is 102 Å².